The maximum Gasteiger partial charge on any atom is 0.329 e. The summed E-state index contributed by atoms with van der Waals surface area (Å²) in [6.07, 6.45) is 1.41. The van der Waals surface area contributed by atoms with Crippen molar-refractivity contribution in [1.82, 2.24) is 10.7 Å². The fourth-order valence-corrected chi connectivity index (χ4v) is 2.50. The Morgan fingerprint density at radius 3 is 2.33 bits per heavy atom. The minimum atomic E-state index is -0.855. The van der Waals surface area contributed by atoms with Crippen LogP contribution in [0.3, 0.4) is 0 Å². The van der Waals surface area contributed by atoms with Crippen LogP contribution in [0.4, 0.5) is 4.39 Å². The Labute approximate surface area is 173 Å². The number of hydrogen-bond donors (Lipinski definition) is 2. The topological polar surface area (TPSA) is 79.8 Å². The third kappa shape index (κ3) is 6.27. The van der Waals surface area contributed by atoms with Gasteiger partial charge in [0.2, 0.25) is 0 Å². The van der Waals surface area contributed by atoms with Gasteiger partial charge in [0.25, 0.3) is 0 Å². The number of hydrogen-bond acceptors (Lipinski definition) is 4. The summed E-state index contributed by atoms with van der Waals surface area (Å²) >= 11 is 0. The van der Waals surface area contributed by atoms with E-state index in [2.05, 4.69) is 15.8 Å². The lowest BCUT2D eigenvalue weighted by Gasteiger charge is -2.07. The molecule has 0 unspecified atom stereocenters. The maximum absolute atomic E-state index is 13.6. The van der Waals surface area contributed by atoms with Crippen LogP contribution < -0.4 is 15.5 Å². The normalized spacial score (nSPS) is 10.6. The van der Waals surface area contributed by atoms with Crippen LogP contribution in [0.25, 0.3) is 0 Å². The van der Waals surface area contributed by atoms with Gasteiger partial charge in [0.1, 0.15) is 18.2 Å². The highest BCUT2D eigenvalue weighted by Gasteiger charge is 2.11. The third-order valence-electron chi connectivity index (χ3n) is 4.11. The molecule has 7 heteroatoms. The number of amides is 2. The Hall–Kier alpha value is -4.00. The highest BCUT2D eigenvalue weighted by molar-refractivity contribution is 6.35. The predicted molar refractivity (Wildman–Crippen MR) is 111 cm³/mol. The molecular formula is C23H20FN3O3. The van der Waals surface area contributed by atoms with E-state index in [9.17, 15) is 14.0 Å². The van der Waals surface area contributed by atoms with E-state index in [1.165, 1.54) is 12.3 Å². The number of benzene rings is 3. The summed E-state index contributed by atoms with van der Waals surface area (Å²) in [6.45, 7) is 0.374. The van der Waals surface area contributed by atoms with Crippen molar-refractivity contribution >= 4 is 18.0 Å². The number of rotatable bonds is 7. The zero-order valence-corrected chi connectivity index (χ0v) is 16.0. The number of nitrogens with one attached hydrogen (secondary N) is 2. The second-order valence-electron chi connectivity index (χ2n) is 6.32. The molecule has 30 heavy (non-hydrogen) atoms. The molecule has 152 valence electrons. The zero-order chi connectivity index (χ0) is 21.2. The number of carbonyl (C=O) groups excluding carboxylic acids is 2. The van der Waals surface area contributed by atoms with Crippen LogP contribution in [0, 0.1) is 5.82 Å². The van der Waals surface area contributed by atoms with Crippen molar-refractivity contribution in [2.45, 2.75) is 13.2 Å². The molecular weight excluding hydrogens is 385 g/mol. The maximum atomic E-state index is 13.6. The molecule has 0 atom stereocenters. The van der Waals surface area contributed by atoms with Gasteiger partial charge < -0.3 is 10.1 Å². The third-order valence-corrected chi connectivity index (χ3v) is 4.11. The average Bonchev–Trinajstić information content (AvgIpc) is 2.78. The largest absolute Gasteiger partial charge is 0.489 e. The van der Waals surface area contributed by atoms with Gasteiger partial charge >= 0.3 is 11.8 Å². The molecule has 0 saturated carbocycles. The molecule has 2 amide bonds. The number of halogens is 1. The molecule has 3 rings (SSSR count). The van der Waals surface area contributed by atoms with Crippen molar-refractivity contribution < 1.29 is 18.7 Å². The summed E-state index contributed by atoms with van der Waals surface area (Å²) in [7, 11) is 0. The van der Waals surface area contributed by atoms with E-state index in [1.807, 2.05) is 30.3 Å². The van der Waals surface area contributed by atoms with Gasteiger partial charge in [0.05, 0.1) is 6.21 Å². The molecule has 0 fully saturated rings. The van der Waals surface area contributed by atoms with Gasteiger partial charge in [0.15, 0.2) is 0 Å². The smallest absolute Gasteiger partial charge is 0.329 e. The van der Waals surface area contributed by atoms with Crippen LogP contribution in [0.2, 0.25) is 0 Å². The summed E-state index contributed by atoms with van der Waals surface area (Å²) in [4.78, 5) is 23.5. The summed E-state index contributed by atoms with van der Waals surface area (Å²) in [5, 5.41) is 6.29. The minimum absolute atomic E-state index is 0.119. The average molecular weight is 405 g/mol. The van der Waals surface area contributed by atoms with Gasteiger partial charge in [-0.1, -0.05) is 48.5 Å². The summed E-state index contributed by atoms with van der Waals surface area (Å²) in [6, 6.07) is 22.5. The van der Waals surface area contributed by atoms with Gasteiger partial charge in [-0.15, -0.1) is 0 Å². The van der Waals surface area contributed by atoms with Crippen LogP contribution in [-0.4, -0.2) is 18.0 Å². The molecule has 0 aliphatic rings. The van der Waals surface area contributed by atoms with E-state index >= 15 is 0 Å². The number of nitrogens with zero attached hydrogens (tertiary/aromatic N) is 1. The molecule has 0 saturated heterocycles. The highest BCUT2D eigenvalue weighted by atomic mass is 19.1. The SMILES string of the molecule is O=C(NCc1ccccc1)C(=O)N/N=C/c1ccc(OCc2ccccc2F)cc1. The lowest BCUT2D eigenvalue weighted by atomic mass is 10.2. The zero-order valence-electron chi connectivity index (χ0n) is 16.0. The van der Waals surface area contributed by atoms with E-state index in [0.717, 1.165) is 5.56 Å². The first-order chi connectivity index (χ1) is 14.6. The Bertz CT molecular complexity index is 1020. The summed E-state index contributed by atoms with van der Waals surface area (Å²) in [5.41, 5.74) is 4.23. The van der Waals surface area contributed by atoms with Crippen LogP contribution in [0.5, 0.6) is 5.75 Å². The van der Waals surface area contributed by atoms with E-state index in [0.29, 0.717) is 16.9 Å². The minimum Gasteiger partial charge on any atom is -0.489 e. The number of hydrazone groups is 1. The Kier molecular flexibility index (Phi) is 7.27. The standard InChI is InChI=1S/C23H20FN3O3/c24-21-9-5-4-8-19(21)16-30-20-12-10-18(11-13-20)15-26-27-23(29)22(28)25-14-17-6-2-1-3-7-17/h1-13,15H,14,16H2,(H,25,28)(H,27,29)/b26-15+. The molecule has 0 aromatic heterocycles. The molecule has 0 radical (unpaired) electrons. The van der Waals surface area contributed by atoms with Crippen molar-refractivity contribution in [3.8, 4) is 5.75 Å². The number of ether oxygens (including phenoxy) is 1. The van der Waals surface area contributed by atoms with Crippen LogP contribution >= 0.6 is 0 Å². The first-order valence-electron chi connectivity index (χ1n) is 9.23. The van der Waals surface area contributed by atoms with E-state index in [-0.39, 0.29) is 19.0 Å². The Balaban J connectivity index is 1.43. The number of carbonyl (C=O) groups is 2. The lowest BCUT2D eigenvalue weighted by molar-refractivity contribution is -0.139. The highest BCUT2D eigenvalue weighted by Crippen LogP contribution is 2.15. The predicted octanol–water partition coefficient (Wildman–Crippen LogP) is 3.17. The quantitative estimate of drug-likeness (QED) is 0.360. The first kappa shape index (κ1) is 20.7. The van der Waals surface area contributed by atoms with Crippen LogP contribution in [0.1, 0.15) is 16.7 Å². The lowest BCUT2D eigenvalue weighted by Crippen LogP contribution is -2.37. The second-order valence-corrected chi connectivity index (χ2v) is 6.32. The molecule has 0 aliphatic carbocycles. The second kappa shape index (κ2) is 10.5. The van der Waals surface area contributed by atoms with Crippen molar-refractivity contribution in [3.05, 3.63) is 101 Å². The summed E-state index contributed by atoms with van der Waals surface area (Å²) < 4.78 is 19.2. The fourth-order valence-electron chi connectivity index (χ4n) is 2.50. The molecule has 6 nitrogen and oxygen atoms in total. The molecule has 0 bridgehead atoms. The Morgan fingerprint density at radius 1 is 0.900 bits per heavy atom. The van der Waals surface area contributed by atoms with Gasteiger partial charge in [-0.2, -0.15) is 5.10 Å². The van der Waals surface area contributed by atoms with Crippen molar-refractivity contribution in [2.75, 3.05) is 0 Å². The van der Waals surface area contributed by atoms with Crippen LogP contribution in [-0.2, 0) is 22.7 Å². The fraction of sp³-hybridized carbons (Fsp3) is 0.0870. The van der Waals surface area contributed by atoms with Gasteiger partial charge in [-0.25, -0.2) is 9.82 Å². The molecule has 2 N–H and O–H groups in total. The van der Waals surface area contributed by atoms with E-state index < -0.39 is 11.8 Å². The summed E-state index contributed by atoms with van der Waals surface area (Å²) in [5.74, 6) is -1.37. The van der Waals surface area contributed by atoms with Gasteiger partial charge in [0, 0.05) is 12.1 Å². The molecule has 3 aromatic rings. The molecule has 0 spiro atoms. The molecule has 0 aliphatic heterocycles. The molecule has 0 heterocycles. The van der Waals surface area contributed by atoms with E-state index in [1.54, 1.807) is 42.5 Å². The van der Waals surface area contributed by atoms with Crippen molar-refractivity contribution in [3.63, 3.8) is 0 Å². The van der Waals surface area contributed by atoms with Crippen LogP contribution in [0.15, 0.2) is 84.0 Å². The van der Waals surface area contributed by atoms with Crippen molar-refractivity contribution in [2.24, 2.45) is 5.10 Å². The first-order valence-corrected chi connectivity index (χ1v) is 9.23. The monoisotopic (exact) mass is 405 g/mol. The Morgan fingerprint density at radius 2 is 1.60 bits per heavy atom. The van der Waals surface area contributed by atoms with Crippen molar-refractivity contribution in [1.29, 1.82) is 0 Å². The van der Waals surface area contributed by atoms with E-state index in [4.69, 9.17) is 4.74 Å². The molecule has 3 aromatic carbocycles. The van der Waals surface area contributed by atoms with Gasteiger partial charge in [-0.05, 0) is 41.5 Å². The van der Waals surface area contributed by atoms with Gasteiger partial charge in [-0.3, -0.25) is 9.59 Å².